The second kappa shape index (κ2) is 11.2. The number of carbonyl (C=O) groups excluding carboxylic acids is 1. The van der Waals surface area contributed by atoms with Gasteiger partial charge in [-0.25, -0.2) is 0 Å². The standard InChI is InChI=1S/C22H42O3/c1-17(2)10-7-11-18(3)12-8-13-19(4)14-9-15-22(6)21(25-22)16-24-20(5)23/h17-19,21H,7-16H2,1-6H3/t18?,19?,21-,22-/m1/s1. The summed E-state index contributed by atoms with van der Waals surface area (Å²) in [5, 5.41) is 0. The first-order chi connectivity index (χ1) is 11.7. The molecule has 0 aromatic carbocycles. The lowest BCUT2D eigenvalue weighted by Gasteiger charge is -2.15. The van der Waals surface area contributed by atoms with Crippen LogP contribution in [0.5, 0.6) is 0 Å². The van der Waals surface area contributed by atoms with Crippen molar-refractivity contribution < 1.29 is 14.3 Å². The molecular formula is C22H42O3. The van der Waals surface area contributed by atoms with Gasteiger partial charge >= 0.3 is 5.97 Å². The predicted octanol–water partition coefficient (Wildman–Crippen LogP) is 6.15. The van der Waals surface area contributed by atoms with Crippen LogP contribution >= 0.6 is 0 Å². The molecule has 0 bridgehead atoms. The van der Waals surface area contributed by atoms with Gasteiger partial charge in [0.1, 0.15) is 12.7 Å². The third-order valence-electron chi connectivity index (χ3n) is 5.72. The molecule has 1 saturated heterocycles. The van der Waals surface area contributed by atoms with Crippen molar-refractivity contribution in [3.8, 4) is 0 Å². The van der Waals surface area contributed by atoms with Crippen LogP contribution in [0.1, 0.15) is 99.3 Å². The second-order valence-corrected chi connectivity index (χ2v) is 9.08. The molecule has 0 N–H and O–H groups in total. The summed E-state index contributed by atoms with van der Waals surface area (Å²) in [6, 6.07) is 0. The number of esters is 1. The average Bonchev–Trinajstić information content (AvgIpc) is 3.15. The molecule has 25 heavy (non-hydrogen) atoms. The molecule has 1 rings (SSSR count). The van der Waals surface area contributed by atoms with Crippen molar-refractivity contribution in [2.75, 3.05) is 6.61 Å². The van der Waals surface area contributed by atoms with E-state index in [4.69, 9.17) is 9.47 Å². The summed E-state index contributed by atoms with van der Waals surface area (Å²) in [6.07, 6.45) is 11.9. The topological polar surface area (TPSA) is 38.8 Å². The number of ether oxygens (including phenoxy) is 2. The molecule has 1 fully saturated rings. The Morgan fingerprint density at radius 1 is 0.960 bits per heavy atom. The number of rotatable bonds is 14. The molecule has 1 aliphatic rings. The first-order valence-corrected chi connectivity index (χ1v) is 10.5. The molecule has 0 radical (unpaired) electrons. The van der Waals surface area contributed by atoms with Gasteiger partial charge in [0.25, 0.3) is 0 Å². The highest BCUT2D eigenvalue weighted by molar-refractivity contribution is 5.65. The van der Waals surface area contributed by atoms with Crippen molar-refractivity contribution in [2.24, 2.45) is 17.8 Å². The van der Waals surface area contributed by atoms with E-state index >= 15 is 0 Å². The van der Waals surface area contributed by atoms with Gasteiger partial charge in [-0.3, -0.25) is 4.79 Å². The lowest BCUT2D eigenvalue weighted by atomic mass is 9.90. The van der Waals surface area contributed by atoms with Crippen LogP contribution in [0.15, 0.2) is 0 Å². The molecule has 1 aliphatic heterocycles. The molecule has 0 spiro atoms. The van der Waals surface area contributed by atoms with Gasteiger partial charge < -0.3 is 9.47 Å². The summed E-state index contributed by atoms with van der Waals surface area (Å²) in [5.74, 6) is 2.31. The Morgan fingerprint density at radius 3 is 2.00 bits per heavy atom. The Hall–Kier alpha value is -0.570. The van der Waals surface area contributed by atoms with Crippen LogP contribution in [0.4, 0.5) is 0 Å². The van der Waals surface area contributed by atoms with Gasteiger partial charge in [0.15, 0.2) is 0 Å². The van der Waals surface area contributed by atoms with E-state index in [2.05, 4.69) is 34.6 Å². The van der Waals surface area contributed by atoms with E-state index in [-0.39, 0.29) is 17.7 Å². The van der Waals surface area contributed by atoms with Gasteiger partial charge in [-0.1, -0.05) is 79.1 Å². The Bertz CT molecular complexity index is 379. The van der Waals surface area contributed by atoms with Crippen molar-refractivity contribution >= 4 is 5.97 Å². The summed E-state index contributed by atoms with van der Waals surface area (Å²) in [7, 11) is 0. The van der Waals surface area contributed by atoms with Gasteiger partial charge in [-0.2, -0.15) is 0 Å². The van der Waals surface area contributed by atoms with Crippen molar-refractivity contribution in [3.63, 3.8) is 0 Å². The molecule has 148 valence electrons. The highest BCUT2D eigenvalue weighted by Crippen LogP contribution is 2.41. The smallest absolute Gasteiger partial charge is 0.302 e. The first-order valence-electron chi connectivity index (χ1n) is 10.5. The summed E-state index contributed by atoms with van der Waals surface area (Å²) in [5.41, 5.74) is -0.0555. The van der Waals surface area contributed by atoms with E-state index in [9.17, 15) is 4.79 Å². The number of carbonyl (C=O) groups is 1. The van der Waals surface area contributed by atoms with E-state index in [0.29, 0.717) is 6.61 Å². The molecule has 3 heteroatoms. The van der Waals surface area contributed by atoms with Crippen LogP contribution < -0.4 is 0 Å². The molecule has 3 nitrogen and oxygen atoms in total. The Morgan fingerprint density at radius 2 is 1.48 bits per heavy atom. The fourth-order valence-corrected chi connectivity index (χ4v) is 3.69. The monoisotopic (exact) mass is 354 g/mol. The third-order valence-corrected chi connectivity index (χ3v) is 5.72. The fourth-order valence-electron chi connectivity index (χ4n) is 3.69. The van der Waals surface area contributed by atoms with E-state index in [1.54, 1.807) is 0 Å². The molecule has 0 amide bonds. The Labute approximate surface area is 156 Å². The summed E-state index contributed by atoms with van der Waals surface area (Å²) < 4.78 is 10.8. The predicted molar refractivity (Wildman–Crippen MR) is 105 cm³/mol. The van der Waals surface area contributed by atoms with E-state index in [0.717, 1.165) is 24.2 Å². The van der Waals surface area contributed by atoms with Gasteiger partial charge in [0, 0.05) is 6.92 Å². The van der Waals surface area contributed by atoms with Crippen molar-refractivity contribution in [3.05, 3.63) is 0 Å². The Kier molecular flexibility index (Phi) is 10.1. The Balaban J connectivity index is 2.00. The van der Waals surface area contributed by atoms with Gasteiger partial charge in [0.2, 0.25) is 0 Å². The van der Waals surface area contributed by atoms with Crippen LogP contribution in [0.3, 0.4) is 0 Å². The minimum absolute atomic E-state index is 0.0555. The van der Waals surface area contributed by atoms with Crippen molar-refractivity contribution in [2.45, 2.75) is 111 Å². The van der Waals surface area contributed by atoms with Gasteiger partial charge in [-0.05, 0) is 31.1 Å². The number of epoxide rings is 1. The minimum atomic E-state index is -0.218. The zero-order valence-electron chi connectivity index (χ0n) is 17.6. The lowest BCUT2D eigenvalue weighted by Crippen LogP contribution is -2.16. The normalized spacial score (nSPS) is 25.0. The van der Waals surface area contributed by atoms with Crippen LogP contribution in [-0.4, -0.2) is 24.3 Å². The van der Waals surface area contributed by atoms with Crippen LogP contribution in [0.2, 0.25) is 0 Å². The van der Waals surface area contributed by atoms with Gasteiger partial charge in [-0.15, -0.1) is 0 Å². The summed E-state index contributed by atoms with van der Waals surface area (Å²) >= 11 is 0. The molecule has 0 aliphatic carbocycles. The molecule has 4 atom stereocenters. The molecule has 0 aromatic rings. The maximum atomic E-state index is 10.8. The largest absolute Gasteiger partial charge is 0.463 e. The maximum Gasteiger partial charge on any atom is 0.302 e. The summed E-state index contributed by atoms with van der Waals surface area (Å²) in [6.45, 7) is 13.4. The zero-order valence-corrected chi connectivity index (χ0v) is 17.6. The van der Waals surface area contributed by atoms with Gasteiger partial charge in [0.05, 0.1) is 5.60 Å². The third kappa shape index (κ3) is 10.2. The van der Waals surface area contributed by atoms with E-state index < -0.39 is 0 Å². The number of hydrogen-bond acceptors (Lipinski definition) is 3. The molecule has 1 heterocycles. The average molecular weight is 355 g/mol. The molecular weight excluding hydrogens is 312 g/mol. The first kappa shape index (κ1) is 22.5. The number of hydrogen-bond donors (Lipinski definition) is 0. The maximum absolute atomic E-state index is 10.8. The lowest BCUT2D eigenvalue weighted by molar-refractivity contribution is -0.141. The minimum Gasteiger partial charge on any atom is -0.463 e. The molecule has 0 saturated carbocycles. The van der Waals surface area contributed by atoms with Crippen molar-refractivity contribution in [1.29, 1.82) is 0 Å². The van der Waals surface area contributed by atoms with Crippen LogP contribution in [0, 0.1) is 17.8 Å². The van der Waals surface area contributed by atoms with Crippen LogP contribution in [0.25, 0.3) is 0 Å². The second-order valence-electron chi connectivity index (χ2n) is 9.08. The SMILES string of the molecule is CC(=O)OC[C@H]1O[C@]1(C)CCCC(C)CCCC(C)CCCC(C)C. The molecule has 0 aromatic heterocycles. The summed E-state index contributed by atoms with van der Waals surface area (Å²) in [4.78, 5) is 10.8. The zero-order chi connectivity index (χ0) is 18.9. The highest BCUT2D eigenvalue weighted by Gasteiger charge is 2.52. The van der Waals surface area contributed by atoms with E-state index in [1.165, 1.54) is 58.3 Å². The molecule has 2 unspecified atom stereocenters. The quantitative estimate of drug-likeness (QED) is 0.277. The van der Waals surface area contributed by atoms with Crippen molar-refractivity contribution in [1.82, 2.24) is 0 Å². The van der Waals surface area contributed by atoms with Crippen LogP contribution in [-0.2, 0) is 14.3 Å². The van der Waals surface area contributed by atoms with E-state index in [1.807, 2.05) is 0 Å². The fraction of sp³-hybridized carbons (Fsp3) is 0.955. The highest BCUT2D eigenvalue weighted by atomic mass is 16.6.